The minimum absolute atomic E-state index is 0.112. The van der Waals surface area contributed by atoms with Crippen LogP contribution in [-0.4, -0.2) is 20.6 Å². The van der Waals surface area contributed by atoms with Crippen molar-refractivity contribution in [2.45, 2.75) is 26.3 Å². The molecule has 0 saturated carbocycles. The molecule has 0 fully saturated rings. The van der Waals surface area contributed by atoms with Gasteiger partial charge in [0.05, 0.1) is 11.6 Å². The van der Waals surface area contributed by atoms with Crippen LogP contribution < -0.4 is 0 Å². The fraction of sp³-hybridized carbons (Fsp3) is 0.333. The summed E-state index contributed by atoms with van der Waals surface area (Å²) >= 11 is 0. The number of imidazole rings is 1. The minimum Gasteiger partial charge on any atom is -0.481 e. The normalized spacial score (nSPS) is 17.6. The topological polar surface area (TPSA) is 55.1 Å². The van der Waals surface area contributed by atoms with E-state index < -0.39 is 23.5 Å². The Morgan fingerprint density at radius 1 is 1.43 bits per heavy atom. The third-order valence-electron chi connectivity index (χ3n) is 3.96. The molecule has 4 nitrogen and oxygen atoms in total. The number of aliphatic carboxylic acids is 1. The van der Waals surface area contributed by atoms with E-state index in [1.165, 1.54) is 0 Å². The second kappa shape index (κ2) is 4.95. The predicted octanol–water partition coefficient (Wildman–Crippen LogP) is 2.78. The van der Waals surface area contributed by atoms with Crippen molar-refractivity contribution in [1.29, 1.82) is 0 Å². The Labute approximate surface area is 120 Å². The summed E-state index contributed by atoms with van der Waals surface area (Å²) < 4.78 is 29.1. The monoisotopic (exact) mass is 292 g/mol. The zero-order valence-corrected chi connectivity index (χ0v) is 11.4. The first kappa shape index (κ1) is 13.7. The highest BCUT2D eigenvalue weighted by molar-refractivity contribution is 5.71. The number of nitrogens with zero attached hydrogens (tertiary/aromatic N) is 2. The molecule has 2 aromatic rings. The highest BCUT2D eigenvalue weighted by atomic mass is 19.1. The smallest absolute Gasteiger partial charge is 0.307 e. The summed E-state index contributed by atoms with van der Waals surface area (Å²) in [5.41, 5.74) is 1.23. The van der Waals surface area contributed by atoms with Gasteiger partial charge in [0.1, 0.15) is 17.5 Å². The van der Waals surface area contributed by atoms with Gasteiger partial charge in [0, 0.05) is 24.2 Å². The van der Waals surface area contributed by atoms with E-state index in [9.17, 15) is 13.6 Å². The number of carboxylic acid groups (broad SMARTS) is 1. The number of halogens is 2. The third-order valence-corrected chi connectivity index (χ3v) is 3.96. The van der Waals surface area contributed by atoms with Crippen LogP contribution in [0.25, 0.3) is 11.3 Å². The van der Waals surface area contributed by atoms with E-state index in [1.54, 1.807) is 6.92 Å². The number of hydrogen-bond acceptors (Lipinski definition) is 2. The number of rotatable bonds is 2. The van der Waals surface area contributed by atoms with Crippen molar-refractivity contribution in [3.63, 3.8) is 0 Å². The van der Waals surface area contributed by atoms with Crippen LogP contribution in [0.1, 0.15) is 17.9 Å². The number of aromatic nitrogens is 2. The molecule has 6 heteroatoms. The van der Waals surface area contributed by atoms with Crippen molar-refractivity contribution in [3.8, 4) is 11.3 Å². The van der Waals surface area contributed by atoms with E-state index in [4.69, 9.17) is 5.11 Å². The largest absolute Gasteiger partial charge is 0.481 e. The Hall–Kier alpha value is -2.24. The molecule has 1 aromatic heterocycles. The van der Waals surface area contributed by atoms with Gasteiger partial charge in [-0.25, -0.2) is 13.8 Å². The molecule has 0 radical (unpaired) electrons. The Kier molecular flexibility index (Phi) is 3.23. The Morgan fingerprint density at radius 2 is 2.19 bits per heavy atom. The Morgan fingerprint density at radius 3 is 2.90 bits per heavy atom. The summed E-state index contributed by atoms with van der Waals surface area (Å²) in [6.45, 7) is 2.32. The van der Waals surface area contributed by atoms with Crippen molar-refractivity contribution in [2.75, 3.05) is 0 Å². The molecule has 1 N–H and O–H groups in total. The maximum atomic E-state index is 13.9. The van der Waals surface area contributed by atoms with Crippen molar-refractivity contribution in [1.82, 2.24) is 9.55 Å². The van der Waals surface area contributed by atoms with Crippen molar-refractivity contribution in [2.24, 2.45) is 5.92 Å². The van der Waals surface area contributed by atoms with Crippen molar-refractivity contribution < 1.29 is 18.7 Å². The van der Waals surface area contributed by atoms with Crippen molar-refractivity contribution >= 4 is 5.97 Å². The van der Waals surface area contributed by atoms with Crippen LogP contribution in [0.5, 0.6) is 0 Å². The van der Waals surface area contributed by atoms with Crippen LogP contribution in [0.4, 0.5) is 8.78 Å². The van der Waals surface area contributed by atoms with Gasteiger partial charge in [0.25, 0.3) is 0 Å². The fourth-order valence-corrected chi connectivity index (χ4v) is 2.80. The number of carbonyl (C=O) groups is 1. The molecule has 21 heavy (non-hydrogen) atoms. The summed E-state index contributed by atoms with van der Waals surface area (Å²) in [6.07, 6.45) is 0.831. The molecule has 1 unspecified atom stereocenters. The lowest BCUT2D eigenvalue weighted by Crippen LogP contribution is -2.26. The molecule has 1 aromatic carbocycles. The average Bonchev–Trinajstić information content (AvgIpc) is 2.78. The highest BCUT2D eigenvalue weighted by Gasteiger charge is 2.28. The fourth-order valence-electron chi connectivity index (χ4n) is 2.80. The maximum Gasteiger partial charge on any atom is 0.307 e. The first-order valence-electron chi connectivity index (χ1n) is 6.71. The molecular weight excluding hydrogens is 278 g/mol. The number of fused-ring (bicyclic) bond motifs is 1. The van der Waals surface area contributed by atoms with Gasteiger partial charge in [-0.1, -0.05) is 0 Å². The molecule has 2 heterocycles. The molecule has 1 atom stereocenters. The lowest BCUT2D eigenvalue weighted by molar-refractivity contribution is -0.142. The van der Waals surface area contributed by atoms with Gasteiger partial charge in [0.2, 0.25) is 0 Å². The molecule has 0 bridgehead atoms. The third kappa shape index (κ3) is 2.30. The van der Waals surface area contributed by atoms with Crippen LogP contribution in [0.2, 0.25) is 0 Å². The predicted molar refractivity (Wildman–Crippen MR) is 71.8 cm³/mol. The molecule has 1 aliphatic rings. The van der Waals surface area contributed by atoms with Gasteiger partial charge < -0.3 is 9.67 Å². The van der Waals surface area contributed by atoms with Gasteiger partial charge >= 0.3 is 5.97 Å². The number of hydrogen-bond donors (Lipinski definition) is 1. The van der Waals surface area contributed by atoms with Crippen molar-refractivity contribution in [3.05, 3.63) is 41.4 Å². The second-order valence-corrected chi connectivity index (χ2v) is 5.27. The first-order chi connectivity index (χ1) is 9.97. The maximum absolute atomic E-state index is 13.9. The summed E-state index contributed by atoms with van der Waals surface area (Å²) in [7, 11) is 0. The molecule has 3 rings (SSSR count). The Bertz CT molecular complexity index is 725. The van der Waals surface area contributed by atoms with Gasteiger partial charge in [-0.2, -0.15) is 0 Å². The molecule has 1 aliphatic heterocycles. The number of benzene rings is 1. The molecule has 110 valence electrons. The van der Waals surface area contributed by atoms with E-state index in [1.807, 2.05) is 4.57 Å². The first-order valence-corrected chi connectivity index (χ1v) is 6.71. The summed E-state index contributed by atoms with van der Waals surface area (Å²) in [4.78, 5) is 15.4. The standard InChI is InChI=1S/C15H14F2N2O2/c1-8-14(11-7-10(16)2-3-12(11)17)18-13-6-9(15(20)21)4-5-19(8)13/h2-3,7,9H,4-6H2,1H3,(H,20,21). The molecule has 0 spiro atoms. The van der Waals surface area contributed by atoms with Gasteiger partial charge in [-0.05, 0) is 31.5 Å². The molecule has 0 saturated heterocycles. The molecular formula is C15H14F2N2O2. The van der Waals surface area contributed by atoms with Crippen LogP contribution in [0.3, 0.4) is 0 Å². The van der Waals surface area contributed by atoms with E-state index in [-0.39, 0.29) is 5.56 Å². The van der Waals surface area contributed by atoms with E-state index in [0.717, 1.165) is 23.9 Å². The lowest BCUT2D eigenvalue weighted by Gasteiger charge is -2.20. The van der Waals surface area contributed by atoms with Gasteiger partial charge in [0.15, 0.2) is 0 Å². The minimum atomic E-state index is -0.847. The lowest BCUT2D eigenvalue weighted by atomic mass is 9.98. The van der Waals surface area contributed by atoms with Gasteiger partial charge in [-0.3, -0.25) is 4.79 Å². The number of carboxylic acids is 1. The van der Waals surface area contributed by atoms with Crippen LogP contribution in [-0.2, 0) is 17.8 Å². The zero-order valence-electron chi connectivity index (χ0n) is 11.4. The Balaban J connectivity index is 2.07. The zero-order chi connectivity index (χ0) is 15.1. The molecule has 0 amide bonds. The quantitative estimate of drug-likeness (QED) is 0.926. The second-order valence-electron chi connectivity index (χ2n) is 5.27. The van der Waals surface area contributed by atoms with Gasteiger partial charge in [-0.15, -0.1) is 0 Å². The van der Waals surface area contributed by atoms with Crippen LogP contribution in [0.15, 0.2) is 18.2 Å². The SMILES string of the molecule is Cc1c(-c2cc(F)ccc2F)nc2n1CCC(C(=O)O)C2. The summed E-state index contributed by atoms with van der Waals surface area (Å²) in [5, 5.41) is 9.09. The summed E-state index contributed by atoms with van der Waals surface area (Å²) in [5.74, 6) is -1.76. The summed E-state index contributed by atoms with van der Waals surface area (Å²) in [6, 6.07) is 3.25. The van der Waals surface area contributed by atoms with E-state index in [2.05, 4.69) is 4.98 Å². The van der Waals surface area contributed by atoms with E-state index >= 15 is 0 Å². The highest BCUT2D eigenvalue weighted by Crippen LogP contribution is 2.30. The molecule has 0 aliphatic carbocycles. The van der Waals surface area contributed by atoms with Crippen LogP contribution >= 0.6 is 0 Å². The van der Waals surface area contributed by atoms with E-state index in [0.29, 0.717) is 30.9 Å². The van der Waals surface area contributed by atoms with Crippen LogP contribution in [0, 0.1) is 24.5 Å². The average molecular weight is 292 g/mol.